The molecule has 5 heterocycles. The Kier molecular flexibility index (Phi) is 5.30. The van der Waals surface area contributed by atoms with Crippen LogP contribution in [0.4, 0.5) is 0 Å². The van der Waals surface area contributed by atoms with Crippen LogP contribution in [0.5, 0.6) is 0 Å². The Hall–Kier alpha value is -3.65. The normalized spacial score (nSPS) is 16.8. The summed E-state index contributed by atoms with van der Waals surface area (Å²) in [6, 6.07) is 11.9. The standard InChI is InChI=1S/C26H27N7O/c1-18-24-21(26(34)32-14-12-31(13-15-32)17-19-7-10-27-11-8-19)16-22(20-5-6-20)29-25(24)33(30-18)23-4-2-3-9-28-23/h2-4,7-11,16,20H,5-6,12-15,17H2,1H3. The Morgan fingerprint density at radius 1 is 1.03 bits per heavy atom. The molecule has 8 nitrogen and oxygen atoms in total. The summed E-state index contributed by atoms with van der Waals surface area (Å²) in [7, 11) is 0. The van der Waals surface area contributed by atoms with Crippen LogP contribution in [0, 0.1) is 6.92 Å². The molecule has 0 atom stereocenters. The molecule has 4 aromatic heterocycles. The van der Waals surface area contributed by atoms with Crippen molar-refractivity contribution in [3.05, 3.63) is 77.5 Å². The second kappa shape index (κ2) is 8.61. The lowest BCUT2D eigenvalue weighted by Crippen LogP contribution is -2.48. The number of rotatable bonds is 5. The number of piperazine rings is 1. The van der Waals surface area contributed by atoms with E-state index in [1.165, 1.54) is 5.56 Å². The van der Waals surface area contributed by atoms with Gasteiger partial charge in [0, 0.05) is 62.9 Å². The quantitative estimate of drug-likeness (QED) is 0.461. The highest BCUT2D eigenvalue weighted by atomic mass is 16.2. The molecule has 4 aromatic rings. The van der Waals surface area contributed by atoms with Crippen LogP contribution >= 0.6 is 0 Å². The van der Waals surface area contributed by atoms with Gasteiger partial charge in [0.05, 0.1) is 16.6 Å². The number of amides is 1. The van der Waals surface area contributed by atoms with E-state index in [0.29, 0.717) is 30.4 Å². The van der Waals surface area contributed by atoms with Crippen LogP contribution in [0.1, 0.15) is 46.1 Å². The fourth-order valence-corrected chi connectivity index (χ4v) is 4.73. The number of nitrogens with zero attached hydrogens (tertiary/aromatic N) is 7. The minimum absolute atomic E-state index is 0.0709. The van der Waals surface area contributed by atoms with E-state index < -0.39 is 0 Å². The zero-order valence-corrected chi connectivity index (χ0v) is 19.3. The number of pyridine rings is 3. The Morgan fingerprint density at radius 2 is 1.82 bits per heavy atom. The molecule has 2 fully saturated rings. The van der Waals surface area contributed by atoms with Crippen molar-refractivity contribution < 1.29 is 4.79 Å². The first-order valence-corrected chi connectivity index (χ1v) is 11.9. The summed E-state index contributed by atoms with van der Waals surface area (Å²) >= 11 is 0. The minimum atomic E-state index is 0.0709. The maximum atomic E-state index is 13.8. The van der Waals surface area contributed by atoms with Gasteiger partial charge in [-0.25, -0.2) is 9.97 Å². The molecule has 1 aliphatic heterocycles. The summed E-state index contributed by atoms with van der Waals surface area (Å²) in [5.74, 6) is 1.21. The predicted molar refractivity (Wildman–Crippen MR) is 129 cm³/mol. The summed E-state index contributed by atoms with van der Waals surface area (Å²) in [5.41, 5.74) is 4.48. The number of aromatic nitrogens is 5. The van der Waals surface area contributed by atoms with Crippen molar-refractivity contribution in [2.24, 2.45) is 0 Å². The van der Waals surface area contributed by atoms with E-state index in [1.54, 1.807) is 10.9 Å². The topological polar surface area (TPSA) is 80.0 Å². The average molecular weight is 454 g/mol. The zero-order valence-electron chi connectivity index (χ0n) is 19.3. The first-order chi connectivity index (χ1) is 16.7. The van der Waals surface area contributed by atoms with Crippen molar-refractivity contribution in [2.75, 3.05) is 26.2 Å². The SMILES string of the molecule is Cc1nn(-c2ccccn2)c2nc(C3CC3)cc(C(=O)N3CCN(Cc4ccncc4)CC3)c12. The van der Waals surface area contributed by atoms with E-state index >= 15 is 0 Å². The number of carbonyl (C=O) groups excluding carboxylic acids is 1. The fourth-order valence-electron chi connectivity index (χ4n) is 4.73. The lowest BCUT2D eigenvalue weighted by molar-refractivity contribution is 0.0630. The predicted octanol–water partition coefficient (Wildman–Crippen LogP) is 3.35. The molecule has 1 saturated heterocycles. The molecule has 172 valence electrons. The second-order valence-electron chi connectivity index (χ2n) is 9.18. The molecular formula is C26H27N7O. The fraction of sp³-hybridized carbons (Fsp3) is 0.346. The highest BCUT2D eigenvalue weighted by Crippen LogP contribution is 2.41. The van der Waals surface area contributed by atoms with Crippen LogP contribution in [-0.4, -0.2) is 66.6 Å². The Bertz CT molecular complexity index is 1320. The van der Waals surface area contributed by atoms with Crippen molar-refractivity contribution in [1.29, 1.82) is 0 Å². The third kappa shape index (κ3) is 3.94. The van der Waals surface area contributed by atoms with E-state index in [2.05, 4.69) is 14.9 Å². The molecule has 0 bridgehead atoms. The Labute approximate surface area is 198 Å². The largest absolute Gasteiger partial charge is 0.336 e. The van der Waals surface area contributed by atoms with Gasteiger partial charge in [0.1, 0.15) is 0 Å². The van der Waals surface area contributed by atoms with Gasteiger partial charge in [0.25, 0.3) is 5.91 Å². The van der Waals surface area contributed by atoms with E-state index in [1.807, 2.05) is 60.6 Å². The van der Waals surface area contributed by atoms with Gasteiger partial charge in [-0.3, -0.25) is 14.7 Å². The summed E-state index contributed by atoms with van der Waals surface area (Å²) in [6.45, 7) is 5.95. The average Bonchev–Trinajstić information content (AvgIpc) is 3.68. The van der Waals surface area contributed by atoms with Crippen molar-refractivity contribution in [3.63, 3.8) is 0 Å². The lowest BCUT2D eigenvalue weighted by Gasteiger charge is -2.35. The minimum Gasteiger partial charge on any atom is -0.336 e. The molecular weight excluding hydrogens is 426 g/mol. The molecule has 8 heteroatoms. The Balaban J connectivity index is 1.30. The van der Waals surface area contributed by atoms with Gasteiger partial charge in [-0.1, -0.05) is 6.07 Å². The van der Waals surface area contributed by atoms with Gasteiger partial charge in [-0.15, -0.1) is 0 Å². The van der Waals surface area contributed by atoms with E-state index in [4.69, 9.17) is 10.1 Å². The molecule has 6 rings (SSSR count). The third-order valence-electron chi connectivity index (χ3n) is 6.74. The monoisotopic (exact) mass is 453 g/mol. The van der Waals surface area contributed by atoms with Crippen molar-refractivity contribution in [2.45, 2.75) is 32.2 Å². The van der Waals surface area contributed by atoms with Crippen LogP contribution in [0.2, 0.25) is 0 Å². The van der Waals surface area contributed by atoms with E-state index in [9.17, 15) is 4.79 Å². The summed E-state index contributed by atoms with van der Waals surface area (Å²) in [5, 5.41) is 5.57. The van der Waals surface area contributed by atoms with Gasteiger partial charge in [-0.05, 0) is 55.7 Å². The third-order valence-corrected chi connectivity index (χ3v) is 6.74. The van der Waals surface area contributed by atoms with Crippen molar-refractivity contribution in [3.8, 4) is 5.82 Å². The van der Waals surface area contributed by atoms with Gasteiger partial charge < -0.3 is 4.90 Å². The van der Waals surface area contributed by atoms with Crippen LogP contribution in [-0.2, 0) is 6.54 Å². The second-order valence-corrected chi connectivity index (χ2v) is 9.18. The smallest absolute Gasteiger partial charge is 0.254 e. The van der Waals surface area contributed by atoms with E-state index in [0.717, 1.165) is 54.9 Å². The maximum absolute atomic E-state index is 13.8. The maximum Gasteiger partial charge on any atom is 0.254 e. The molecule has 34 heavy (non-hydrogen) atoms. The molecule has 1 amide bonds. The number of aryl methyl sites for hydroxylation is 1. The number of hydrogen-bond donors (Lipinski definition) is 0. The highest BCUT2D eigenvalue weighted by molar-refractivity contribution is 6.06. The first-order valence-electron chi connectivity index (χ1n) is 11.9. The zero-order chi connectivity index (χ0) is 23.1. The van der Waals surface area contributed by atoms with Gasteiger partial charge >= 0.3 is 0 Å². The van der Waals surface area contributed by atoms with Gasteiger partial charge in [0.2, 0.25) is 0 Å². The highest BCUT2D eigenvalue weighted by Gasteiger charge is 2.31. The van der Waals surface area contributed by atoms with Crippen molar-refractivity contribution in [1.82, 2.24) is 34.5 Å². The summed E-state index contributed by atoms with van der Waals surface area (Å²) in [6.07, 6.45) is 7.65. The molecule has 0 N–H and O–H groups in total. The van der Waals surface area contributed by atoms with Gasteiger partial charge in [-0.2, -0.15) is 9.78 Å². The molecule has 0 aromatic carbocycles. The molecule has 0 radical (unpaired) electrons. The summed E-state index contributed by atoms with van der Waals surface area (Å²) < 4.78 is 1.78. The Morgan fingerprint density at radius 3 is 2.53 bits per heavy atom. The molecule has 1 aliphatic carbocycles. The van der Waals surface area contributed by atoms with Crippen LogP contribution < -0.4 is 0 Å². The number of carbonyl (C=O) groups is 1. The van der Waals surface area contributed by atoms with E-state index in [-0.39, 0.29) is 5.91 Å². The lowest BCUT2D eigenvalue weighted by atomic mass is 10.1. The molecule has 0 unspecified atom stereocenters. The molecule has 1 saturated carbocycles. The summed E-state index contributed by atoms with van der Waals surface area (Å²) in [4.78, 5) is 31.7. The molecule has 0 spiro atoms. The van der Waals surface area contributed by atoms with Crippen LogP contribution in [0.3, 0.4) is 0 Å². The van der Waals surface area contributed by atoms with Crippen molar-refractivity contribution >= 4 is 16.9 Å². The molecule has 2 aliphatic rings. The first kappa shape index (κ1) is 20.9. The van der Waals surface area contributed by atoms with Gasteiger partial charge in [0.15, 0.2) is 11.5 Å². The van der Waals surface area contributed by atoms with Crippen LogP contribution in [0.25, 0.3) is 16.9 Å². The number of fused-ring (bicyclic) bond motifs is 1. The number of hydrogen-bond acceptors (Lipinski definition) is 6. The van der Waals surface area contributed by atoms with Crippen LogP contribution in [0.15, 0.2) is 55.0 Å².